The first-order valence-corrected chi connectivity index (χ1v) is 8.95. The summed E-state index contributed by atoms with van der Waals surface area (Å²) < 4.78 is 0. The van der Waals surface area contributed by atoms with Gasteiger partial charge in [-0.05, 0) is 71.6 Å². The van der Waals surface area contributed by atoms with Gasteiger partial charge in [-0.25, -0.2) is 0 Å². The number of likely N-dealkylation sites (N-methyl/N-ethyl adjacent to an activating group) is 2. The molecule has 1 fully saturated rings. The minimum absolute atomic E-state index is 0.641. The van der Waals surface area contributed by atoms with Crippen LogP contribution in [0.4, 0.5) is 0 Å². The summed E-state index contributed by atoms with van der Waals surface area (Å²) in [4.78, 5) is 4.98. The second-order valence-corrected chi connectivity index (χ2v) is 7.67. The molecule has 0 bridgehead atoms. The number of rotatable bonds is 8. The normalized spacial score (nSPS) is 28.6. The Kier molecular flexibility index (Phi) is 8.22. The van der Waals surface area contributed by atoms with Gasteiger partial charge in [0.15, 0.2) is 0 Å². The molecule has 1 rings (SSSR count). The van der Waals surface area contributed by atoms with Crippen molar-refractivity contribution >= 4 is 0 Å². The Bertz CT molecular complexity index is 278. The third-order valence-electron chi connectivity index (χ3n) is 5.46. The highest BCUT2D eigenvalue weighted by molar-refractivity contribution is 4.87. The molecule has 1 aliphatic rings. The van der Waals surface area contributed by atoms with Crippen LogP contribution in [0.3, 0.4) is 0 Å². The van der Waals surface area contributed by atoms with Crippen molar-refractivity contribution in [3.05, 3.63) is 0 Å². The van der Waals surface area contributed by atoms with E-state index in [1.54, 1.807) is 0 Å². The molecule has 0 aliphatic heterocycles. The summed E-state index contributed by atoms with van der Waals surface area (Å²) >= 11 is 0. The van der Waals surface area contributed by atoms with E-state index in [0.717, 1.165) is 30.8 Å². The first-order valence-electron chi connectivity index (χ1n) is 8.95. The zero-order chi connectivity index (χ0) is 16.0. The summed E-state index contributed by atoms with van der Waals surface area (Å²) in [7, 11) is 6.50. The van der Waals surface area contributed by atoms with E-state index in [1.165, 1.54) is 25.8 Å². The Morgan fingerprint density at radius 3 is 2.29 bits per heavy atom. The largest absolute Gasteiger partial charge is 0.317 e. The van der Waals surface area contributed by atoms with Crippen LogP contribution in [-0.4, -0.2) is 62.7 Å². The standard InChI is InChI=1S/C18H39N3/c1-8-21(15(4)12-20(6)7)13-17-11-16(14(2)3)9-10-18(17)19-5/h14-19H,8-13H2,1-7H3. The molecule has 0 heterocycles. The molecule has 0 aromatic rings. The number of hydrogen-bond donors (Lipinski definition) is 1. The highest BCUT2D eigenvalue weighted by atomic mass is 15.2. The highest BCUT2D eigenvalue weighted by Crippen LogP contribution is 2.34. The molecule has 0 spiro atoms. The summed E-state index contributed by atoms with van der Waals surface area (Å²) in [5, 5.41) is 3.59. The van der Waals surface area contributed by atoms with Crippen LogP contribution in [0.2, 0.25) is 0 Å². The second-order valence-electron chi connectivity index (χ2n) is 7.67. The fourth-order valence-electron chi connectivity index (χ4n) is 4.05. The molecule has 4 atom stereocenters. The van der Waals surface area contributed by atoms with E-state index in [-0.39, 0.29) is 0 Å². The molecule has 0 aromatic carbocycles. The van der Waals surface area contributed by atoms with E-state index in [4.69, 9.17) is 0 Å². The molecule has 3 heteroatoms. The number of hydrogen-bond acceptors (Lipinski definition) is 3. The van der Waals surface area contributed by atoms with Gasteiger partial charge in [-0.2, -0.15) is 0 Å². The van der Waals surface area contributed by atoms with Crippen molar-refractivity contribution in [3.8, 4) is 0 Å². The van der Waals surface area contributed by atoms with Gasteiger partial charge in [0.1, 0.15) is 0 Å². The third-order valence-corrected chi connectivity index (χ3v) is 5.46. The molecule has 1 N–H and O–H groups in total. The molecule has 0 aromatic heterocycles. The average molecular weight is 298 g/mol. The van der Waals surface area contributed by atoms with Gasteiger partial charge < -0.3 is 10.2 Å². The summed E-state index contributed by atoms with van der Waals surface area (Å²) in [6, 6.07) is 1.35. The highest BCUT2D eigenvalue weighted by Gasteiger charge is 2.32. The zero-order valence-electron chi connectivity index (χ0n) is 15.5. The van der Waals surface area contributed by atoms with Gasteiger partial charge in [-0.1, -0.05) is 20.8 Å². The van der Waals surface area contributed by atoms with Crippen LogP contribution in [0.25, 0.3) is 0 Å². The minimum atomic E-state index is 0.641. The van der Waals surface area contributed by atoms with Crippen molar-refractivity contribution in [2.24, 2.45) is 17.8 Å². The maximum atomic E-state index is 3.59. The Morgan fingerprint density at radius 1 is 1.14 bits per heavy atom. The molecule has 21 heavy (non-hydrogen) atoms. The lowest BCUT2D eigenvalue weighted by molar-refractivity contribution is 0.0986. The summed E-state index contributed by atoms with van der Waals surface area (Å²) in [6.45, 7) is 13.0. The van der Waals surface area contributed by atoms with Crippen molar-refractivity contribution < 1.29 is 0 Å². The van der Waals surface area contributed by atoms with Gasteiger partial charge >= 0.3 is 0 Å². The van der Waals surface area contributed by atoms with Crippen molar-refractivity contribution in [2.75, 3.05) is 40.8 Å². The van der Waals surface area contributed by atoms with Crippen LogP contribution >= 0.6 is 0 Å². The van der Waals surface area contributed by atoms with E-state index in [0.29, 0.717) is 12.1 Å². The monoisotopic (exact) mass is 297 g/mol. The maximum Gasteiger partial charge on any atom is 0.0194 e. The summed E-state index contributed by atoms with van der Waals surface area (Å²) in [5.74, 6) is 2.56. The molecule has 0 radical (unpaired) electrons. The van der Waals surface area contributed by atoms with Crippen LogP contribution < -0.4 is 5.32 Å². The summed E-state index contributed by atoms with van der Waals surface area (Å²) in [5.41, 5.74) is 0. The molecule has 4 unspecified atom stereocenters. The van der Waals surface area contributed by atoms with Gasteiger partial charge in [-0.3, -0.25) is 4.90 Å². The summed E-state index contributed by atoms with van der Waals surface area (Å²) in [6.07, 6.45) is 4.15. The molecular weight excluding hydrogens is 258 g/mol. The van der Waals surface area contributed by atoms with Crippen molar-refractivity contribution in [2.45, 2.75) is 59.0 Å². The van der Waals surface area contributed by atoms with Crippen LogP contribution in [0.1, 0.15) is 47.0 Å². The SMILES string of the molecule is CCN(CC1CC(C(C)C)CCC1NC)C(C)CN(C)C. The maximum absolute atomic E-state index is 3.59. The smallest absolute Gasteiger partial charge is 0.0194 e. The van der Waals surface area contributed by atoms with E-state index < -0.39 is 0 Å². The molecule has 1 saturated carbocycles. The molecule has 0 saturated heterocycles. The van der Waals surface area contributed by atoms with Gasteiger partial charge in [-0.15, -0.1) is 0 Å². The van der Waals surface area contributed by atoms with E-state index >= 15 is 0 Å². The first kappa shape index (κ1) is 18.9. The van der Waals surface area contributed by atoms with Gasteiger partial charge in [0.25, 0.3) is 0 Å². The number of nitrogens with zero attached hydrogens (tertiary/aromatic N) is 2. The minimum Gasteiger partial charge on any atom is -0.317 e. The predicted octanol–water partition coefficient (Wildman–Crippen LogP) is 2.92. The van der Waals surface area contributed by atoms with Crippen LogP contribution in [0, 0.1) is 17.8 Å². The van der Waals surface area contributed by atoms with Crippen molar-refractivity contribution in [1.82, 2.24) is 15.1 Å². The average Bonchev–Trinajstić information content (AvgIpc) is 2.43. The lowest BCUT2D eigenvalue weighted by Gasteiger charge is -2.41. The van der Waals surface area contributed by atoms with Gasteiger partial charge in [0.05, 0.1) is 0 Å². The Balaban J connectivity index is 2.65. The molecule has 1 aliphatic carbocycles. The lowest BCUT2D eigenvalue weighted by atomic mass is 9.73. The fourth-order valence-corrected chi connectivity index (χ4v) is 4.05. The second kappa shape index (κ2) is 9.12. The van der Waals surface area contributed by atoms with Crippen LogP contribution in [-0.2, 0) is 0 Å². The van der Waals surface area contributed by atoms with Crippen LogP contribution in [0.5, 0.6) is 0 Å². The topological polar surface area (TPSA) is 18.5 Å². The molecule has 3 nitrogen and oxygen atoms in total. The van der Waals surface area contributed by atoms with Crippen molar-refractivity contribution in [1.29, 1.82) is 0 Å². The molecular formula is C18H39N3. The molecule has 0 amide bonds. The Hall–Kier alpha value is -0.120. The lowest BCUT2D eigenvalue weighted by Crippen LogP contribution is -2.49. The van der Waals surface area contributed by atoms with Crippen molar-refractivity contribution in [3.63, 3.8) is 0 Å². The first-order chi connectivity index (χ1) is 9.88. The number of nitrogens with one attached hydrogen (secondary N) is 1. The van der Waals surface area contributed by atoms with Crippen LogP contribution in [0.15, 0.2) is 0 Å². The van der Waals surface area contributed by atoms with Gasteiger partial charge in [0.2, 0.25) is 0 Å². The predicted molar refractivity (Wildman–Crippen MR) is 93.8 cm³/mol. The van der Waals surface area contributed by atoms with E-state index in [9.17, 15) is 0 Å². The Morgan fingerprint density at radius 2 is 1.81 bits per heavy atom. The van der Waals surface area contributed by atoms with E-state index in [1.807, 2.05) is 0 Å². The zero-order valence-corrected chi connectivity index (χ0v) is 15.5. The third kappa shape index (κ3) is 5.88. The fraction of sp³-hybridized carbons (Fsp3) is 1.00. The van der Waals surface area contributed by atoms with E-state index in [2.05, 4.69) is 64.0 Å². The Labute approximate surface area is 133 Å². The quantitative estimate of drug-likeness (QED) is 0.743. The van der Waals surface area contributed by atoms with Gasteiger partial charge in [0, 0.05) is 25.2 Å². The molecule has 126 valence electrons.